The third-order valence-corrected chi connectivity index (χ3v) is 2.85. The first-order valence-electron chi connectivity index (χ1n) is 4.78. The average molecular weight is 230 g/mol. The topological polar surface area (TPSA) is 55.5 Å². The summed E-state index contributed by atoms with van der Waals surface area (Å²) in [5, 5.41) is 9.91. The summed E-state index contributed by atoms with van der Waals surface area (Å²) >= 11 is 5.99. The molecule has 4 heteroatoms. The largest absolute Gasteiger partial charge is 0.506 e. The van der Waals surface area contributed by atoms with Gasteiger partial charge in [0.1, 0.15) is 16.5 Å². The van der Waals surface area contributed by atoms with Crippen LogP contribution >= 0.6 is 11.6 Å². The second kappa shape index (κ2) is 4.73. The maximum absolute atomic E-state index is 9.65. The highest BCUT2D eigenvalue weighted by molar-refractivity contribution is 6.33. The average Bonchev–Trinajstić information content (AvgIpc) is 2.24. The number of rotatable bonds is 3. The van der Waals surface area contributed by atoms with E-state index in [1.54, 1.807) is 6.92 Å². The van der Waals surface area contributed by atoms with Crippen LogP contribution in [-0.2, 0) is 0 Å². The highest BCUT2D eigenvalue weighted by Gasteiger charge is 2.18. The van der Waals surface area contributed by atoms with E-state index in [2.05, 4.69) is 0 Å². The van der Waals surface area contributed by atoms with Gasteiger partial charge in [0, 0.05) is 5.56 Å². The van der Waals surface area contributed by atoms with E-state index in [1.807, 2.05) is 13.0 Å². The Hall–Kier alpha value is -0.930. The lowest BCUT2D eigenvalue weighted by atomic mass is 9.97. The number of aryl methyl sites for hydroxylation is 1. The lowest BCUT2D eigenvalue weighted by Gasteiger charge is -2.17. The Bertz CT molecular complexity index is 366. The van der Waals surface area contributed by atoms with Crippen molar-refractivity contribution in [1.29, 1.82) is 0 Å². The third-order valence-electron chi connectivity index (χ3n) is 2.50. The Kier molecular flexibility index (Phi) is 3.83. The molecule has 0 aliphatic carbocycles. The predicted octanol–water partition coefficient (Wildman–Crippen LogP) is 2.42. The number of nitrogens with two attached hydrogens (primary N) is 1. The molecule has 0 aromatic heterocycles. The van der Waals surface area contributed by atoms with Crippen molar-refractivity contribution in [1.82, 2.24) is 0 Å². The first-order valence-corrected chi connectivity index (χ1v) is 5.16. The van der Waals surface area contributed by atoms with Gasteiger partial charge in [-0.3, -0.25) is 0 Å². The summed E-state index contributed by atoms with van der Waals surface area (Å²) in [5.74, 6) is 0.732. The fourth-order valence-corrected chi connectivity index (χ4v) is 1.81. The number of benzene rings is 1. The van der Waals surface area contributed by atoms with E-state index < -0.39 is 0 Å². The summed E-state index contributed by atoms with van der Waals surface area (Å²) in [6, 6.07) is 1.86. The maximum atomic E-state index is 9.65. The summed E-state index contributed by atoms with van der Waals surface area (Å²) < 4.78 is 5.19. The van der Waals surface area contributed by atoms with Crippen molar-refractivity contribution in [2.75, 3.05) is 13.7 Å². The summed E-state index contributed by atoms with van der Waals surface area (Å²) in [6.45, 7) is 4.30. The van der Waals surface area contributed by atoms with Gasteiger partial charge in [-0.05, 0) is 31.0 Å². The van der Waals surface area contributed by atoms with Crippen molar-refractivity contribution < 1.29 is 9.84 Å². The molecule has 0 amide bonds. The molecule has 15 heavy (non-hydrogen) atoms. The molecule has 1 rings (SSSR count). The van der Waals surface area contributed by atoms with Gasteiger partial charge < -0.3 is 15.6 Å². The number of hydrogen-bond acceptors (Lipinski definition) is 3. The van der Waals surface area contributed by atoms with Crippen LogP contribution in [0.3, 0.4) is 0 Å². The van der Waals surface area contributed by atoms with Crippen molar-refractivity contribution in [3.8, 4) is 11.5 Å². The molecule has 0 saturated carbocycles. The summed E-state index contributed by atoms with van der Waals surface area (Å²) in [7, 11) is 1.53. The van der Waals surface area contributed by atoms with Gasteiger partial charge in [0.05, 0.1) is 7.11 Å². The fraction of sp³-hybridized carbons (Fsp3) is 0.455. The van der Waals surface area contributed by atoms with E-state index in [0.29, 0.717) is 12.3 Å². The van der Waals surface area contributed by atoms with Gasteiger partial charge in [-0.25, -0.2) is 0 Å². The zero-order chi connectivity index (χ0) is 11.6. The van der Waals surface area contributed by atoms with Crippen LogP contribution < -0.4 is 10.5 Å². The SMILES string of the molecule is COc1c(C(C)CN)cc(C)c(O)c1Cl. The van der Waals surface area contributed by atoms with Crippen LogP contribution in [0, 0.1) is 6.92 Å². The molecule has 3 N–H and O–H groups in total. The van der Waals surface area contributed by atoms with E-state index >= 15 is 0 Å². The number of halogens is 1. The minimum atomic E-state index is 0.0708. The molecule has 0 bridgehead atoms. The molecule has 3 nitrogen and oxygen atoms in total. The molecule has 84 valence electrons. The van der Waals surface area contributed by atoms with E-state index in [-0.39, 0.29) is 16.7 Å². The molecule has 0 spiro atoms. The highest BCUT2D eigenvalue weighted by Crippen LogP contribution is 2.41. The second-order valence-electron chi connectivity index (χ2n) is 3.62. The Labute approximate surface area is 94.8 Å². The Balaban J connectivity index is 3.38. The lowest BCUT2D eigenvalue weighted by Crippen LogP contribution is -2.10. The maximum Gasteiger partial charge on any atom is 0.144 e. The quantitative estimate of drug-likeness (QED) is 0.837. The van der Waals surface area contributed by atoms with Gasteiger partial charge >= 0.3 is 0 Å². The first-order chi connectivity index (χ1) is 7.02. The summed E-state index contributed by atoms with van der Waals surface area (Å²) in [4.78, 5) is 0. The minimum Gasteiger partial charge on any atom is -0.506 e. The predicted molar refractivity (Wildman–Crippen MR) is 61.9 cm³/mol. The van der Waals surface area contributed by atoms with Gasteiger partial charge in [0.25, 0.3) is 0 Å². The van der Waals surface area contributed by atoms with Crippen LogP contribution in [0.1, 0.15) is 24.0 Å². The molecule has 0 radical (unpaired) electrons. The monoisotopic (exact) mass is 229 g/mol. The molecule has 1 aromatic rings. The number of ether oxygens (including phenoxy) is 1. The Morgan fingerprint density at radius 3 is 2.67 bits per heavy atom. The summed E-state index contributed by atoms with van der Waals surface area (Å²) in [5.41, 5.74) is 7.27. The highest BCUT2D eigenvalue weighted by atomic mass is 35.5. The molecule has 1 atom stereocenters. The van der Waals surface area contributed by atoms with Crippen LogP contribution in [0.4, 0.5) is 0 Å². The molecule has 0 saturated heterocycles. The van der Waals surface area contributed by atoms with E-state index in [4.69, 9.17) is 22.1 Å². The molecule has 1 aromatic carbocycles. The van der Waals surface area contributed by atoms with E-state index in [1.165, 1.54) is 7.11 Å². The van der Waals surface area contributed by atoms with Crippen LogP contribution in [-0.4, -0.2) is 18.8 Å². The molecule has 0 aliphatic heterocycles. The molecule has 0 fully saturated rings. The van der Waals surface area contributed by atoms with Gasteiger partial charge in [-0.2, -0.15) is 0 Å². The number of phenols is 1. The van der Waals surface area contributed by atoms with Crippen LogP contribution in [0.2, 0.25) is 5.02 Å². The number of phenolic OH excluding ortho intramolecular Hbond substituents is 1. The zero-order valence-electron chi connectivity index (χ0n) is 9.17. The number of aromatic hydroxyl groups is 1. The number of methoxy groups -OCH3 is 1. The molecule has 0 heterocycles. The fourth-order valence-electron chi connectivity index (χ4n) is 1.48. The van der Waals surface area contributed by atoms with Crippen LogP contribution in [0.25, 0.3) is 0 Å². The van der Waals surface area contributed by atoms with Gasteiger partial charge in [-0.15, -0.1) is 0 Å². The lowest BCUT2D eigenvalue weighted by molar-refractivity contribution is 0.399. The Morgan fingerprint density at radius 2 is 2.20 bits per heavy atom. The van der Waals surface area contributed by atoms with Crippen molar-refractivity contribution in [3.05, 3.63) is 22.2 Å². The normalized spacial score (nSPS) is 12.6. The smallest absolute Gasteiger partial charge is 0.144 e. The van der Waals surface area contributed by atoms with Gasteiger partial charge in [0.2, 0.25) is 0 Å². The standard InChI is InChI=1S/C11H16ClNO2/c1-6-4-8(7(2)5-13)11(15-3)9(12)10(6)14/h4,7,14H,5,13H2,1-3H3. The van der Waals surface area contributed by atoms with E-state index in [9.17, 15) is 5.11 Å². The van der Waals surface area contributed by atoms with Crippen molar-refractivity contribution >= 4 is 11.6 Å². The van der Waals surface area contributed by atoms with Crippen LogP contribution in [0.5, 0.6) is 11.5 Å². The minimum absolute atomic E-state index is 0.0708. The number of hydrogen-bond donors (Lipinski definition) is 2. The van der Waals surface area contributed by atoms with E-state index in [0.717, 1.165) is 11.1 Å². The first kappa shape index (κ1) is 12.1. The molecule has 1 unspecified atom stereocenters. The molecular formula is C11H16ClNO2. The van der Waals surface area contributed by atoms with Crippen molar-refractivity contribution in [3.63, 3.8) is 0 Å². The molecule has 0 aliphatic rings. The van der Waals surface area contributed by atoms with Crippen molar-refractivity contribution in [2.24, 2.45) is 5.73 Å². The zero-order valence-corrected chi connectivity index (χ0v) is 9.93. The van der Waals surface area contributed by atoms with Crippen LogP contribution in [0.15, 0.2) is 6.07 Å². The Morgan fingerprint density at radius 1 is 1.60 bits per heavy atom. The summed E-state index contributed by atoms with van der Waals surface area (Å²) in [6.07, 6.45) is 0. The van der Waals surface area contributed by atoms with Gasteiger partial charge in [-0.1, -0.05) is 18.5 Å². The van der Waals surface area contributed by atoms with Gasteiger partial charge in [0.15, 0.2) is 0 Å². The molecular weight excluding hydrogens is 214 g/mol. The third kappa shape index (κ3) is 2.19. The second-order valence-corrected chi connectivity index (χ2v) is 3.99. The van der Waals surface area contributed by atoms with Crippen molar-refractivity contribution in [2.45, 2.75) is 19.8 Å².